The van der Waals surface area contributed by atoms with E-state index < -0.39 is 22.6 Å². The summed E-state index contributed by atoms with van der Waals surface area (Å²) in [5, 5.41) is 7.15. The zero-order valence-electron chi connectivity index (χ0n) is 11.1. The van der Waals surface area contributed by atoms with E-state index in [0.717, 1.165) is 4.47 Å². The summed E-state index contributed by atoms with van der Waals surface area (Å²) < 4.78 is 38.1. The van der Waals surface area contributed by atoms with E-state index in [1.165, 1.54) is 6.92 Å². The molecule has 0 aliphatic rings. The Labute approximate surface area is 135 Å². The van der Waals surface area contributed by atoms with E-state index in [1.807, 2.05) is 0 Å². The first-order valence-corrected chi connectivity index (χ1v) is 7.49. The average molecular weight is 395 g/mol. The molecule has 10 heteroatoms. The van der Waals surface area contributed by atoms with Crippen molar-refractivity contribution < 1.29 is 18.0 Å². The number of alkyl halides is 3. The molecule has 2 aromatic rings. The van der Waals surface area contributed by atoms with Gasteiger partial charge < -0.3 is 5.73 Å². The van der Waals surface area contributed by atoms with E-state index in [4.69, 9.17) is 5.73 Å². The van der Waals surface area contributed by atoms with Crippen LogP contribution in [-0.2, 0) is 16.5 Å². The fourth-order valence-corrected chi connectivity index (χ4v) is 2.41. The molecule has 1 aromatic heterocycles. The van der Waals surface area contributed by atoms with Crippen molar-refractivity contribution in [3.8, 4) is 0 Å². The van der Waals surface area contributed by atoms with Gasteiger partial charge in [0.15, 0.2) is 0 Å². The maximum Gasteiger partial charge on any atom is 0.445 e. The number of nitrogens with zero attached hydrogens (tertiary/aromatic N) is 2. The minimum absolute atomic E-state index is 0.240. The number of hydrogen-bond donors (Lipinski definition) is 2. The number of nitrogens with one attached hydrogen (secondary N) is 1. The number of halogens is 4. The Morgan fingerprint density at radius 1 is 1.27 bits per heavy atom. The Morgan fingerprint density at radius 2 is 1.86 bits per heavy atom. The highest BCUT2D eigenvalue weighted by atomic mass is 79.9. The lowest BCUT2D eigenvalue weighted by atomic mass is 9.92. The van der Waals surface area contributed by atoms with Gasteiger partial charge in [0.05, 0.1) is 0 Å². The second-order valence-electron chi connectivity index (χ2n) is 4.57. The second-order valence-corrected chi connectivity index (χ2v) is 6.47. The zero-order chi connectivity index (χ0) is 16.5. The molecule has 1 heterocycles. The molecule has 1 aromatic carbocycles. The monoisotopic (exact) mass is 394 g/mol. The first-order valence-electron chi connectivity index (χ1n) is 5.88. The standard InChI is InChI=1S/C12H10BrF3N4OS/c1-11(17,6-2-4-7(13)5-3-6)8(21)18-10-20-19-9(22-10)12(14,15)16/h2-5H,17H2,1H3,(H,18,20,21). The van der Waals surface area contributed by atoms with E-state index in [2.05, 4.69) is 31.4 Å². The summed E-state index contributed by atoms with van der Waals surface area (Å²) in [6.45, 7) is 1.46. The molecule has 1 amide bonds. The molecule has 0 spiro atoms. The molecule has 1 unspecified atom stereocenters. The number of nitrogens with two attached hydrogens (primary N) is 1. The van der Waals surface area contributed by atoms with Crippen LogP contribution in [0.5, 0.6) is 0 Å². The maximum absolute atomic E-state index is 12.4. The number of rotatable bonds is 3. The minimum Gasteiger partial charge on any atom is -0.314 e. The largest absolute Gasteiger partial charge is 0.445 e. The lowest BCUT2D eigenvalue weighted by Crippen LogP contribution is -2.45. The van der Waals surface area contributed by atoms with E-state index >= 15 is 0 Å². The van der Waals surface area contributed by atoms with Crippen LogP contribution in [0.15, 0.2) is 28.7 Å². The number of benzene rings is 1. The second kappa shape index (κ2) is 5.94. The van der Waals surface area contributed by atoms with Gasteiger partial charge in [-0.05, 0) is 24.6 Å². The Hall–Kier alpha value is -1.52. The number of carbonyl (C=O) groups excluding carboxylic acids is 1. The van der Waals surface area contributed by atoms with Crippen LogP contribution in [0.2, 0.25) is 0 Å². The van der Waals surface area contributed by atoms with Crippen LogP contribution in [0.25, 0.3) is 0 Å². The highest BCUT2D eigenvalue weighted by Gasteiger charge is 2.37. The average Bonchev–Trinajstić information content (AvgIpc) is 2.87. The van der Waals surface area contributed by atoms with Gasteiger partial charge >= 0.3 is 6.18 Å². The normalized spacial score (nSPS) is 14.5. The molecule has 118 valence electrons. The molecule has 3 N–H and O–H groups in total. The van der Waals surface area contributed by atoms with Gasteiger partial charge in [-0.2, -0.15) is 13.2 Å². The summed E-state index contributed by atoms with van der Waals surface area (Å²) in [6, 6.07) is 6.71. The molecule has 0 aliphatic carbocycles. The number of anilines is 1. The van der Waals surface area contributed by atoms with Gasteiger partial charge in [0.25, 0.3) is 5.91 Å². The summed E-state index contributed by atoms with van der Waals surface area (Å²) in [6.07, 6.45) is -4.60. The Kier molecular flexibility index (Phi) is 4.54. The lowest BCUT2D eigenvalue weighted by molar-refractivity contribution is -0.138. The molecule has 0 saturated carbocycles. The Morgan fingerprint density at radius 3 is 2.36 bits per heavy atom. The first-order chi connectivity index (χ1) is 10.1. The van der Waals surface area contributed by atoms with Gasteiger partial charge in [-0.1, -0.05) is 39.4 Å². The third-order valence-electron chi connectivity index (χ3n) is 2.80. The van der Waals surface area contributed by atoms with Crippen molar-refractivity contribution in [1.82, 2.24) is 10.2 Å². The molecular weight excluding hydrogens is 385 g/mol. The maximum atomic E-state index is 12.4. The lowest BCUT2D eigenvalue weighted by Gasteiger charge is -2.23. The SMILES string of the molecule is CC(N)(C(=O)Nc1nnc(C(F)(F)F)s1)c1ccc(Br)cc1. The van der Waals surface area contributed by atoms with Gasteiger partial charge in [0, 0.05) is 4.47 Å². The van der Waals surface area contributed by atoms with Gasteiger partial charge in [0.1, 0.15) is 5.54 Å². The molecule has 5 nitrogen and oxygen atoms in total. The van der Waals surface area contributed by atoms with Crippen LogP contribution in [0, 0.1) is 0 Å². The van der Waals surface area contributed by atoms with Crippen LogP contribution in [0.3, 0.4) is 0 Å². The van der Waals surface area contributed by atoms with Crippen LogP contribution in [0.1, 0.15) is 17.5 Å². The highest BCUT2D eigenvalue weighted by Crippen LogP contribution is 2.33. The fourth-order valence-electron chi connectivity index (χ4n) is 1.54. The molecule has 1 atom stereocenters. The van der Waals surface area contributed by atoms with Crippen molar-refractivity contribution in [1.29, 1.82) is 0 Å². The summed E-state index contributed by atoms with van der Waals surface area (Å²) in [5.41, 5.74) is 5.06. The molecule has 22 heavy (non-hydrogen) atoms. The summed E-state index contributed by atoms with van der Waals surface area (Å²) in [7, 11) is 0. The first kappa shape index (κ1) is 16.8. The molecule has 0 aliphatic heterocycles. The Balaban J connectivity index is 2.17. The minimum atomic E-state index is -4.60. The zero-order valence-corrected chi connectivity index (χ0v) is 13.5. The van der Waals surface area contributed by atoms with Crippen molar-refractivity contribution in [2.45, 2.75) is 18.6 Å². The van der Waals surface area contributed by atoms with Crippen molar-refractivity contribution in [3.05, 3.63) is 39.3 Å². The molecule has 0 fully saturated rings. The molecule has 0 saturated heterocycles. The third-order valence-corrected chi connectivity index (χ3v) is 4.22. The Bertz CT molecular complexity index is 684. The number of carbonyl (C=O) groups is 1. The van der Waals surface area contributed by atoms with Crippen molar-refractivity contribution in [3.63, 3.8) is 0 Å². The van der Waals surface area contributed by atoms with Gasteiger partial charge in [-0.15, -0.1) is 10.2 Å². The molecule has 2 rings (SSSR count). The van der Waals surface area contributed by atoms with E-state index in [9.17, 15) is 18.0 Å². The predicted molar refractivity (Wildman–Crippen MR) is 79.2 cm³/mol. The van der Waals surface area contributed by atoms with E-state index in [1.54, 1.807) is 24.3 Å². The summed E-state index contributed by atoms with van der Waals surface area (Å²) >= 11 is 3.50. The number of amides is 1. The van der Waals surface area contributed by atoms with E-state index in [-0.39, 0.29) is 16.5 Å². The third kappa shape index (κ3) is 3.62. The van der Waals surface area contributed by atoms with Crippen molar-refractivity contribution in [2.75, 3.05) is 5.32 Å². The highest BCUT2D eigenvalue weighted by molar-refractivity contribution is 9.10. The van der Waals surface area contributed by atoms with Gasteiger partial charge in [-0.3, -0.25) is 10.1 Å². The van der Waals surface area contributed by atoms with E-state index in [0.29, 0.717) is 5.56 Å². The smallest absolute Gasteiger partial charge is 0.314 e. The van der Waals surface area contributed by atoms with Crippen LogP contribution < -0.4 is 11.1 Å². The molecule has 0 bridgehead atoms. The van der Waals surface area contributed by atoms with Crippen LogP contribution in [0.4, 0.5) is 18.3 Å². The van der Waals surface area contributed by atoms with Gasteiger partial charge in [-0.25, -0.2) is 0 Å². The van der Waals surface area contributed by atoms with Crippen molar-refractivity contribution in [2.24, 2.45) is 5.73 Å². The summed E-state index contributed by atoms with van der Waals surface area (Å²) in [5.74, 6) is -0.681. The van der Waals surface area contributed by atoms with Crippen LogP contribution in [-0.4, -0.2) is 16.1 Å². The topological polar surface area (TPSA) is 80.9 Å². The molecule has 0 radical (unpaired) electrons. The molecular formula is C12H10BrF3N4OS. The fraction of sp³-hybridized carbons (Fsp3) is 0.250. The van der Waals surface area contributed by atoms with Crippen molar-refractivity contribution >= 4 is 38.3 Å². The number of aromatic nitrogens is 2. The predicted octanol–water partition coefficient (Wildman–Crippen LogP) is 3.13. The van der Waals surface area contributed by atoms with Crippen LogP contribution >= 0.6 is 27.3 Å². The van der Waals surface area contributed by atoms with Gasteiger partial charge in [0.2, 0.25) is 10.1 Å². The number of hydrogen-bond acceptors (Lipinski definition) is 5. The quantitative estimate of drug-likeness (QED) is 0.837. The summed E-state index contributed by atoms with van der Waals surface area (Å²) in [4.78, 5) is 12.2.